The SMILES string of the molecule is O=C(OCc1cc(=O)n2c(-c3ccccc3)csc2n1)c1ccccc1. The van der Waals surface area contributed by atoms with Crippen LogP contribution in [0.4, 0.5) is 0 Å². The molecule has 0 unspecified atom stereocenters. The summed E-state index contributed by atoms with van der Waals surface area (Å²) in [6.45, 7) is -0.0436. The van der Waals surface area contributed by atoms with Crippen LogP contribution in [0.1, 0.15) is 16.1 Å². The fourth-order valence-electron chi connectivity index (χ4n) is 2.65. The van der Waals surface area contributed by atoms with Crippen molar-refractivity contribution in [3.05, 3.63) is 93.7 Å². The number of aromatic nitrogens is 2. The van der Waals surface area contributed by atoms with E-state index >= 15 is 0 Å². The molecule has 0 bridgehead atoms. The number of nitrogens with zero attached hydrogens (tertiary/aromatic N) is 2. The van der Waals surface area contributed by atoms with Gasteiger partial charge in [-0.25, -0.2) is 9.78 Å². The number of thiazole rings is 1. The molecule has 0 amide bonds. The zero-order chi connectivity index (χ0) is 17.9. The lowest BCUT2D eigenvalue weighted by Crippen LogP contribution is -2.16. The van der Waals surface area contributed by atoms with Crippen molar-refractivity contribution in [2.75, 3.05) is 0 Å². The quantitative estimate of drug-likeness (QED) is 0.518. The first-order valence-corrected chi connectivity index (χ1v) is 8.88. The van der Waals surface area contributed by atoms with Gasteiger partial charge in [-0.15, -0.1) is 11.3 Å². The first-order chi connectivity index (χ1) is 12.7. The van der Waals surface area contributed by atoms with Gasteiger partial charge >= 0.3 is 5.97 Å². The number of benzene rings is 2. The van der Waals surface area contributed by atoms with Crippen LogP contribution in [0.25, 0.3) is 16.2 Å². The van der Waals surface area contributed by atoms with Gasteiger partial charge in [-0.2, -0.15) is 0 Å². The summed E-state index contributed by atoms with van der Waals surface area (Å²) in [4.78, 5) is 29.6. The van der Waals surface area contributed by atoms with Crippen molar-refractivity contribution in [1.29, 1.82) is 0 Å². The second-order valence-electron chi connectivity index (χ2n) is 5.63. The average Bonchev–Trinajstić information content (AvgIpc) is 3.12. The fourth-order valence-corrected chi connectivity index (χ4v) is 3.57. The van der Waals surface area contributed by atoms with E-state index < -0.39 is 5.97 Å². The second kappa shape index (κ2) is 6.93. The summed E-state index contributed by atoms with van der Waals surface area (Å²) in [6, 6.07) is 19.8. The van der Waals surface area contributed by atoms with Crippen LogP contribution in [-0.4, -0.2) is 15.4 Å². The van der Waals surface area contributed by atoms with E-state index in [1.54, 1.807) is 28.7 Å². The van der Waals surface area contributed by atoms with E-state index in [0.29, 0.717) is 16.2 Å². The molecule has 0 saturated heterocycles. The lowest BCUT2D eigenvalue weighted by molar-refractivity contribution is 0.0468. The molecule has 0 aliphatic heterocycles. The average molecular weight is 362 g/mol. The molecule has 5 nitrogen and oxygen atoms in total. The van der Waals surface area contributed by atoms with Crippen LogP contribution in [0.15, 0.2) is 76.9 Å². The van der Waals surface area contributed by atoms with Crippen LogP contribution in [0, 0.1) is 0 Å². The first kappa shape index (κ1) is 16.2. The van der Waals surface area contributed by atoms with Crippen LogP contribution >= 0.6 is 11.3 Å². The Balaban J connectivity index is 1.61. The molecular formula is C20H14N2O3S. The number of esters is 1. The van der Waals surface area contributed by atoms with E-state index in [-0.39, 0.29) is 12.2 Å². The maximum atomic E-state index is 12.6. The molecule has 26 heavy (non-hydrogen) atoms. The van der Waals surface area contributed by atoms with Crippen LogP contribution in [0.2, 0.25) is 0 Å². The highest BCUT2D eigenvalue weighted by Crippen LogP contribution is 2.23. The van der Waals surface area contributed by atoms with Crippen molar-refractivity contribution in [2.45, 2.75) is 6.61 Å². The number of carbonyl (C=O) groups excluding carboxylic acids is 1. The summed E-state index contributed by atoms with van der Waals surface area (Å²) >= 11 is 1.38. The van der Waals surface area contributed by atoms with E-state index in [2.05, 4.69) is 4.98 Å². The number of hydrogen-bond acceptors (Lipinski definition) is 5. The Bertz CT molecular complexity index is 1120. The fraction of sp³-hybridized carbons (Fsp3) is 0.0500. The highest BCUT2D eigenvalue weighted by Gasteiger charge is 2.12. The number of ether oxygens (including phenoxy) is 1. The van der Waals surface area contributed by atoms with E-state index in [1.165, 1.54) is 17.4 Å². The molecule has 0 radical (unpaired) electrons. The first-order valence-electron chi connectivity index (χ1n) is 8.00. The van der Waals surface area contributed by atoms with E-state index in [1.807, 2.05) is 41.8 Å². The largest absolute Gasteiger partial charge is 0.456 e. The lowest BCUT2D eigenvalue weighted by Gasteiger charge is -2.05. The van der Waals surface area contributed by atoms with E-state index in [9.17, 15) is 9.59 Å². The van der Waals surface area contributed by atoms with Gasteiger partial charge in [0.2, 0.25) is 0 Å². The molecule has 128 valence electrons. The standard InChI is InChI=1S/C20H14N2O3S/c23-18-11-16(12-25-19(24)15-9-5-2-6-10-15)21-20-22(18)17(13-26-20)14-7-3-1-4-8-14/h1-11,13H,12H2. The maximum absolute atomic E-state index is 12.6. The molecule has 0 aliphatic rings. The van der Waals surface area contributed by atoms with Gasteiger partial charge in [0.1, 0.15) is 6.61 Å². The van der Waals surface area contributed by atoms with Gasteiger partial charge in [-0.3, -0.25) is 9.20 Å². The number of carbonyl (C=O) groups is 1. The highest BCUT2D eigenvalue weighted by molar-refractivity contribution is 7.15. The van der Waals surface area contributed by atoms with Crippen LogP contribution in [0.5, 0.6) is 0 Å². The topological polar surface area (TPSA) is 60.7 Å². The van der Waals surface area contributed by atoms with Crippen molar-refractivity contribution in [1.82, 2.24) is 9.38 Å². The predicted octanol–water partition coefficient (Wildman–Crippen LogP) is 3.78. The van der Waals surface area contributed by atoms with Gasteiger partial charge in [0.25, 0.3) is 5.56 Å². The minimum atomic E-state index is -0.441. The van der Waals surface area contributed by atoms with Crippen LogP contribution in [0.3, 0.4) is 0 Å². The Morgan fingerprint density at radius 3 is 2.46 bits per heavy atom. The number of fused-ring (bicyclic) bond motifs is 1. The highest BCUT2D eigenvalue weighted by atomic mass is 32.1. The minimum Gasteiger partial charge on any atom is -0.456 e. The van der Waals surface area contributed by atoms with Crippen LogP contribution in [-0.2, 0) is 11.3 Å². The summed E-state index contributed by atoms with van der Waals surface area (Å²) in [7, 11) is 0. The Morgan fingerprint density at radius 1 is 1.04 bits per heavy atom. The molecule has 2 heterocycles. The Hall–Kier alpha value is -3.25. The molecular weight excluding hydrogens is 348 g/mol. The molecule has 0 spiro atoms. The molecule has 0 aliphatic carbocycles. The van der Waals surface area contributed by atoms with Gasteiger partial charge in [-0.05, 0) is 17.7 Å². The van der Waals surface area contributed by atoms with Crippen molar-refractivity contribution < 1.29 is 9.53 Å². The Labute approximate surface area is 153 Å². The third-order valence-electron chi connectivity index (χ3n) is 3.89. The molecule has 2 aromatic heterocycles. The van der Waals surface area contributed by atoms with E-state index in [0.717, 1.165) is 11.3 Å². The molecule has 0 N–H and O–H groups in total. The smallest absolute Gasteiger partial charge is 0.338 e. The van der Waals surface area contributed by atoms with E-state index in [4.69, 9.17) is 4.74 Å². The second-order valence-corrected chi connectivity index (χ2v) is 6.47. The van der Waals surface area contributed by atoms with Crippen molar-refractivity contribution in [3.8, 4) is 11.3 Å². The molecule has 0 saturated carbocycles. The predicted molar refractivity (Wildman–Crippen MR) is 100 cm³/mol. The summed E-state index contributed by atoms with van der Waals surface area (Å²) in [5.41, 5.74) is 2.45. The van der Waals surface area contributed by atoms with Gasteiger partial charge < -0.3 is 4.74 Å². The summed E-state index contributed by atoms with van der Waals surface area (Å²) in [5, 5.41) is 1.90. The third kappa shape index (κ3) is 3.14. The summed E-state index contributed by atoms with van der Waals surface area (Å²) in [5.74, 6) is -0.441. The third-order valence-corrected chi connectivity index (χ3v) is 4.71. The van der Waals surface area contributed by atoms with Gasteiger partial charge in [0, 0.05) is 11.4 Å². The summed E-state index contributed by atoms with van der Waals surface area (Å²) < 4.78 is 6.84. The zero-order valence-electron chi connectivity index (χ0n) is 13.7. The van der Waals surface area contributed by atoms with Crippen molar-refractivity contribution in [2.24, 2.45) is 0 Å². The molecule has 0 atom stereocenters. The zero-order valence-corrected chi connectivity index (χ0v) is 14.5. The molecule has 4 rings (SSSR count). The molecule has 2 aromatic carbocycles. The minimum absolute atomic E-state index is 0.0436. The van der Waals surface area contributed by atoms with Gasteiger partial charge in [0.15, 0.2) is 4.96 Å². The number of rotatable bonds is 4. The summed E-state index contributed by atoms with van der Waals surface area (Å²) in [6.07, 6.45) is 0. The molecule has 6 heteroatoms. The maximum Gasteiger partial charge on any atom is 0.338 e. The Kier molecular flexibility index (Phi) is 4.33. The lowest BCUT2D eigenvalue weighted by atomic mass is 10.2. The van der Waals surface area contributed by atoms with Gasteiger partial charge in [0.05, 0.1) is 17.0 Å². The van der Waals surface area contributed by atoms with Gasteiger partial charge in [-0.1, -0.05) is 48.5 Å². The molecule has 4 aromatic rings. The van der Waals surface area contributed by atoms with Crippen molar-refractivity contribution >= 4 is 22.3 Å². The van der Waals surface area contributed by atoms with Crippen molar-refractivity contribution in [3.63, 3.8) is 0 Å². The molecule has 0 fully saturated rings. The van der Waals surface area contributed by atoms with Crippen LogP contribution < -0.4 is 5.56 Å². The monoisotopic (exact) mass is 362 g/mol. The Morgan fingerprint density at radius 2 is 1.73 bits per heavy atom. The normalized spacial score (nSPS) is 10.8. The number of hydrogen-bond donors (Lipinski definition) is 0.